The summed E-state index contributed by atoms with van der Waals surface area (Å²) in [4.78, 5) is 14.8. The fraction of sp³-hybridized carbons (Fsp3) is 0.562. The Labute approximate surface area is 138 Å². The second-order valence-electron chi connectivity index (χ2n) is 5.92. The van der Waals surface area contributed by atoms with Crippen LogP contribution in [0.4, 0.5) is 18.0 Å². The molecule has 24 heavy (non-hydrogen) atoms. The Kier molecular flexibility index (Phi) is 6.06. The zero-order chi connectivity index (χ0) is 17.7. The Bertz CT molecular complexity index is 548. The summed E-state index contributed by atoms with van der Waals surface area (Å²) in [5, 5.41) is 10.1. The van der Waals surface area contributed by atoms with Crippen molar-refractivity contribution >= 4 is 6.09 Å². The molecule has 1 aliphatic heterocycles. The lowest BCUT2D eigenvalue weighted by molar-refractivity contribution is -0.137. The topological polar surface area (TPSA) is 53.0 Å². The summed E-state index contributed by atoms with van der Waals surface area (Å²) >= 11 is 0. The molecule has 8 heteroatoms. The van der Waals surface area contributed by atoms with Crippen LogP contribution in [0.1, 0.15) is 11.1 Å². The molecule has 1 N–H and O–H groups in total. The van der Waals surface area contributed by atoms with Gasteiger partial charge in [0.1, 0.15) is 6.61 Å². The largest absolute Gasteiger partial charge is 0.448 e. The van der Waals surface area contributed by atoms with Crippen molar-refractivity contribution in [2.75, 3.05) is 39.8 Å². The van der Waals surface area contributed by atoms with Crippen LogP contribution in [0.15, 0.2) is 24.3 Å². The van der Waals surface area contributed by atoms with Crippen molar-refractivity contribution in [3.8, 4) is 0 Å². The highest BCUT2D eigenvalue weighted by molar-refractivity contribution is 5.69. The Hall–Kier alpha value is -1.80. The van der Waals surface area contributed by atoms with E-state index >= 15 is 0 Å². The second kappa shape index (κ2) is 7.85. The fourth-order valence-electron chi connectivity index (χ4n) is 2.54. The van der Waals surface area contributed by atoms with Crippen LogP contribution in [-0.2, 0) is 17.3 Å². The van der Waals surface area contributed by atoms with Crippen LogP contribution < -0.4 is 0 Å². The number of aliphatic hydroxyl groups excluding tert-OH is 1. The number of cyclic esters (lactones) is 1. The number of alkyl halides is 3. The lowest BCUT2D eigenvalue weighted by Crippen LogP contribution is -2.37. The van der Waals surface area contributed by atoms with Gasteiger partial charge in [0.05, 0.1) is 18.2 Å². The summed E-state index contributed by atoms with van der Waals surface area (Å²) in [5.41, 5.74) is -0.0534. The second-order valence-corrected chi connectivity index (χ2v) is 5.92. The molecular formula is C16H21F3N2O3. The van der Waals surface area contributed by atoms with Crippen LogP contribution in [0.5, 0.6) is 0 Å². The maximum atomic E-state index is 12.5. The first kappa shape index (κ1) is 18.5. The summed E-state index contributed by atoms with van der Waals surface area (Å²) in [6.45, 7) is 2.44. The van der Waals surface area contributed by atoms with E-state index in [1.165, 1.54) is 12.1 Å². The molecular weight excluding hydrogens is 325 g/mol. The molecule has 2 rings (SSSR count). The molecule has 1 amide bonds. The van der Waals surface area contributed by atoms with Crippen LogP contribution in [0.25, 0.3) is 0 Å². The van der Waals surface area contributed by atoms with Crippen molar-refractivity contribution in [3.05, 3.63) is 35.4 Å². The van der Waals surface area contributed by atoms with E-state index in [4.69, 9.17) is 4.74 Å². The van der Waals surface area contributed by atoms with E-state index in [0.29, 0.717) is 38.3 Å². The number of hydrogen-bond acceptors (Lipinski definition) is 4. The predicted octanol–water partition coefficient (Wildman–Crippen LogP) is 1.99. The lowest BCUT2D eigenvalue weighted by atomic mass is 10.1. The van der Waals surface area contributed by atoms with Crippen molar-refractivity contribution in [1.29, 1.82) is 0 Å². The SMILES string of the molecule is CN(CCN1CCOC1=O)CC(O)Cc1ccc(C(F)(F)F)cc1. The number of halogens is 3. The average molecular weight is 346 g/mol. The molecule has 1 fully saturated rings. The molecule has 1 heterocycles. The number of rotatable bonds is 7. The smallest absolute Gasteiger partial charge is 0.416 e. The molecule has 0 bridgehead atoms. The van der Waals surface area contributed by atoms with Gasteiger partial charge in [-0.2, -0.15) is 13.2 Å². The van der Waals surface area contributed by atoms with Gasteiger partial charge in [0.15, 0.2) is 0 Å². The Morgan fingerprint density at radius 3 is 2.54 bits per heavy atom. The first-order valence-corrected chi connectivity index (χ1v) is 7.70. The number of carbonyl (C=O) groups is 1. The minimum absolute atomic E-state index is 0.272. The average Bonchev–Trinajstić information content (AvgIpc) is 2.90. The highest BCUT2D eigenvalue weighted by Gasteiger charge is 2.30. The molecule has 134 valence electrons. The maximum Gasteiger partial charge on any atom is 0.416 e. The molecule has 1 aliphatic rings. The summed E-state index contributed by atoms with van der Waals surface area (Å²) < 4.78 is 42.3. The van der Waals surface area contributed by atoms with Gasteiger partial charge >= 0.3 is 12.3 Å². The zero-order valence-electron chi connectivity index (χ0n) is 13.4. The number of aliphatic hydroxyl groups is 1. The Morgan fingerprint density at radius 2 is 2.00 bits per heavy atom. The molecule has 5 nitrogen and oxygen atoms in total. The Morgan fingerprint density at radius 1 is 1.33 bits per heavy atom. The quantitative estimate of drug-likeness (QED) is 0.820. The van der Waals surface area contributed by atoms with Crippen LogP contribution in [0, 0.1) is 0 Å². The molecule has 0 radical (unpaired) electrons. The number of ether oxygens (including phenoxy) is 1. The predicted molar refractivity (Wildman–Crippen MR) is 81.6 cm³/mol. The van der Waals surface area contributed by atoms with Crippen molar-refractivity contribution in [2.24, 2.45) is 0 Å². The van der Waals surface area contributed by atoms with E-state index < -0.39 is 17.8 Å². The Balaban J connectivity index is 1.75. The number of nitrogens with zero attached hydrogens (tertiary/aromatic N) is 2. The summed E-state index contributed by atoms with van der Waals surface area (Å²) in [5.74, 6) is 0. The summed E-state index contributed by atoms with van der Waals surface area (Å²) in [6.07, 6.45) is -5.10. The van der Waals surface area contributed by atoms with Crippen molar-refractivity contribution in [1.82, 2.24) is 9.80 Å². The fourth-order valence-corrected chi connectivity index (χ4v) is 2.54. The third-order valence-electron chi connectivity index (χ3n) is 3.87. The molecule has 0 aromatic heterocycles. The summed E-state index contributed by atoms with van der Waals surface area (Å²) in [6, 6.07) is 4.80. The zero-order valence-corrected chi connectivity index (χ0v) is 13.4. The van der Waals surface area contributed by atoms with Gasteiger partial charge in [-0.15, -0.1) is 0 Å². The van der Waals surface area contributed by atoms with Gasteiger partial charge < -0.3 is 19.6 Å². The molecule has 1 aromatic rings. The monoisotopic (exact) mass is 346 g/mol. The van der Waals surface area contributed by atoms with Gasteiger partial charge in [0, 0.05) is 19.6 Å². The molecule has 0 spiro atoms. The normalized spacial score (nSPS) is 16.6. The standard InChI is InChI=1S/C16H21F3N2O3/c1-20(6-7-21-8-9-24-15(21)23)11-14(22)10-12-2-4-13(5-3-12)16(17,18)19/h2-5,14,22H,6-11H2,1H3. The van der Waals surface area contributed by atoms with Crippen LogP contribution >= 0.6 is 0 Å². The van der Waals surface area contributed by atoms with Crippen molar-refractivity contribution in [3.63, 3.8) is 0 Å². The third kappa shape index (κ3) is 5.38. The van der Waals surface area contributed by atoms with E-state index in [2.05, 4.69) is 0 Å². The van der Waals surface area contributed by atoms with Gasteiger partial charge in [-0.25, -0.2) is 4.79 Å². The molecule has 1 atom stereocenters. The third-order valence-corrected chi connectivity index (χ3v) is 3.87. The van der Waals surface area contributed by atoms with Gasteiger partial charge in [0.2, 0.25) is 0 Å². The number of carbonyl (C=O) groups excluding carboxylic acids is 1. The summed E-state index contributed by atoms with van der Waals surface area (Å²) in [7, 11) is 1.82. The highest BCUT2D eigenvalue weighted by atomic mass is 19.4. The number of hydrogen-bond donors (Lipinski definition) is 1. The van der Waals surface area contributed by atoms with Gasteiger partial charge in [-0.3, -0.25) is 0 Å². The maximum absolute atomic E-state index is 12.5. The molecule has 1 unspecified atom stereocenters. The van der Waals surface area contributed by atoms with Gasteiger partial charge in [0.25, 0.3) is 0 Å². The first-order valence-electron chi connectivity index (χ1n) is 7.70. The van der Waals surface area contributed by atoms with Gasteiger partial charge in [-0.1, -0.05) is 12.1 Å². The number of benzene rings is 1. The molecule has 0 saturated carbocycles. The van der Waals surface area contributed by atoms with E-state index in [1.54, 1.807) is 4.90 Å². The van der Waals surface area contributed by atoms with Crippen molar-refractivity contribution in [2.45, 2.75) is 18.7 Å². The van der Waals surface area contributed by atoms with E-state index in [-0.39, 0.29) is 12.5 Å². The van der Waals surface area contributed by atoms with E-state index in [0.717, 1.165) is 12.1 Å². The first-order chi connectivity index (χ1) is 11.3. The van der Waals surface area contributed by atoms with Gasteiger partial charge in [-0.05, 0) is 31.2 Å². The molecule has 0 aliphatic carbocycles. The highest BCUT2D eigenvalue weighted by Crippen LogP contribution is 2.29. The molecule has 1 saturated heterocycles. The van der Waals surface area contributed by atoms with Crippen LogP contribution in [0.3, 0.4) is 0 Å². The minimum atomic E-state index is -4.35. The minimum Gasteiger partial charge on any atom is -0.448 e. The van der Waals surface area contributed by atoms with Crippen LogP contribution in [0.2, 0.25) is 0 Å². The molecule has 1 aromatic carbocycles. The van der Waals surface area contributed by atoms with Crippen molar-refractivity contribution < 1.29 is 27.8 Å². The number of likely N-dealkylation sites (N-methyl/N-ethyl adjacent to an activating group) is 1. The van der Waals surface area contributed by atoms with Crippen LogP contribution in [-0.4, -0.2) is 66.9 Å². The van der Waals surface area contributed by atoms with E-state index in [1.807, 2.05) is 11.9 Å². The lowest BCUT2D eigenvalue weighted by Gasteiger charge is -2.22. The van der Waals surface area contributed by atoms with E-state index in [9.17, 15) is 23.1 Å². The number of amides is 1.